The summed E-state index contributed by atoms with van der Waals surface area (Å²) in [4.78, 5) is 38.3. The molecule has 1 atom stereocenters. The Labute approximate surface area is 514 Å². The molecule has 0 fully saturated rings. The largest absolute Gasteiger partial charge is 0.462 e. The number of esters is 3. The van der Waals surface area contributed by atoms with Crippen molar-refractivity contribution in [2.24, 2.45) is 0 Å². The van der Waals surface area contributed by atoms with Crippen LogP contribution in [-0.2, 0) is 28.6 Å². The van der Waals surface area contributed by atoms with E-state index in [1.165, 1.54) is 193 Å². The van der Waals surface area contributed by atoms with Crippen molar-refractivity contribution in [1.29, 1.82) is 0 Å². The molecule has 0 aromatic heterocycles. The molecule has 6 nitrogen and oxygen atoms in total. The zero-order valence-corrected chi connectivity index (χ0v) is 54.7. The number of ether oxygens (including phenoxy) is 3. The second-order valence-corrected chi connectivity index (χ2v) is 23.4. The number of hydrogen-bond donors (Lipinski definition) is 0. The minimum absolute atomic E-state index is 0.0958. The molecule has 0 saturated heterocycles. The number of hydrogen-bond acceptors (Lipinski definition) is 6. The molecule has 0 saturated carbocycles. The lowest BCUT2D eigenvalue weighted by Gasteiger charge is -2.18. The van der Waals surface area contributed by atoms with Crippen LogP contribution in [0.2, 0.25) is 0 Å². The fraction of sp³-hybridized carbons (Fsp3) is 0.727. The quantitative estimate of drug-likeness (QED) is 0.0261. The molecule has 0 aliphatic heterocycles. The second-order valence-electron chi connectivity index (χ2n) is 23.4. The zero-order valence-electron chi connectivity index (χ0n) is 54.7. The van der Waals surface area contributed by atoms with E-state index >= 15 is 0 Å². The van der Waals surface area contributed by atoms with Gasteiger partial charge in [-0.05, 0) is 96.3 Å². The third-order valence-electron chi connectivity index (χ3n) is 15.3. The molecular formula is C77H132O6. The van der Waals surface area contributed by atoms with Crippen LogP contribution in [0.5, 0.6) is 0 Å². The van der Waals surface area contributed by atoms with Crippen molar-refractivity contribution < 1.29 is 28.6 Å². The molecule has 83 heavy (non-hydrogen) atoms. The van der Waals surface area contributed by atoms with Gasteiger partial charge in [0.05, 0.1) is 0 Å². The average Bonchev–Trinajstić information content (AvgIpc) is 3.49. The molecule has 0 aromatic rings. The maximum atomic E-state index is 12.9. The van der Waals surface area contributed by atoms with Crippen molar-refractivity contribution in [3.8, 4) is 0 Å². The van der Waals surface area contributed by atoms with E-state index in [1.807, 2.05) is 0 Å². The maximum Gasteiger partial charge on any atom is 0.306 e. The van der Waals surface area contributed by atoms with E-state index in [9.17, 15) is 14.4 Å². The van der Waals surface area contributed by atoms with Gasteiger partial charge in [-0.2, -0.15) is 0 Å². The Kier molecular flexibility index (Phi) is 67.2. The van der Waals surface area contributed by atoms with Crippen LogP contribution in [-0.4, -0.2) is 37.2 Å². The minimum atomic E-state index is -0.806. The molecule has 0 aromatic carbocycles. The van der Waals surface area contributed by atoms with Crippen molar-refractivity contribution >= 4 is 17.9 Å². The lowest BCUT2D eigenvalue weighted by Crippen LogP contribution is -2.30. The second kappa shape index (κ2) is 70.6. The first-order chi connectivity index (χ1) is 41.0. The normalized spacial score (nSPS) is 12.8. The Morgan fingerprint density at radius 3 is 0.771 bits per heavy atom. The van der Waals surface area contributed by atoms with Gasteiger partial charge in [-0.1, -0.05) is 336 Å². The van der Waals surface area contributed by atoms with Crippen LogP contribution in [0.25, 0.3) is 0 Å². The molecule has 0 rings (SSSR count). The summed E-state index contributed by atoms with van der Waals surface area (Å²) in [7, 11) is 0. The minimum Gasteiger partial charge on any atom is -0.462 e. The van der Waals surface area contributed by atoms with E-state index < -0.39 is 6.10 Å². The average molecular weight is 1150 g/mol. The van der Waals surface area contributed by atoms with Crippen molar-refractivity contribution in [1.82, 2.24) is 0 Å². The summed E-state index contributed by atoms with van der Waals surface area (Å²) < 4.78 is 16.9. The highest BCUT2D eigenvalue weighted by molar-refractivity contribution is 5.71. The first kappa shape index (κ1) is 79.1. The van der Waals surface area contributed by atoms with E-state index in [-0.39, 0.29) is 37.5 Å². The van der Waals surface area contributed by atoms with Gasteiger partial charge in [0.15, 0.2) is 6.10 Å². The maximum absolute atomic E-state index is 12.9. The third-order valence-corrected chi connectivity index (χ3v) is 15.3. The molecule has 0 aliphatic carbocycles. The summed E-state index contributed by atoms with van der Waals surface area (Å²) in [6, 6.07) is 0. The fourth-order valence-corrected chi connectivity index (χ4v) is 10.1. The van der Waals surface area contributed by atoms with Crippen molar-refractivity contribution in [2.45, 2.75) is 348 Å². The van der Waals surface area contributed by atoms with Gasteiger partial charge in [-0.15, -0.1) is 0 Å². The van der Waals surface area contributed by atoms with Gasteiger partial charge in [-0.3, -0.25) is 14.4 Å². The van der Waals surface area contributed by atoms with Crippen LogP contribution in [0.1, 0.15) is 342 Å². The molecule has 0 N–H and O–H groups in total. The Balaban J connectivity index is 4.16. The van der Waals surface area contributed by atoms with E-state index in [0.29, 0.717) is 19.3 Å². The molecule has 0 bridgehead atoms. The number of allylic oxidation sites excluding steroid dienone is 18. The molecule has 0 heterocycles. The van der Waals surface area contributed by atoms with Crippen LogP contribution in [0.3, 0.4) is 0 Å². The van der Waals surface area contributed by atoms with Crippen molar-refractivity contribution in [2.75, 3.05) is 13.2 Å². The number of carbonyl (C=O) groups is 3. The highest BCUT2D eigenvalue weighted by Gasteiger charge is 2.19. The molecule has 1 unspecified atom stereocenters. The van der Waals surface area contributed by atoms with Gasteiger partial charge in [0.2, 0.25) is 0 Å². The summed E-state index contributed by atoms with van der Waals surface area (Å²) in [6.45, 7) is 6.40. The van der Waals surface area contributed by atoms with Crippen molar-refractivity contribution in [3.05, 3.63) is 109 Å². The van der Waals surface area contributed by atoms with E-state index in [0.717, 1.165) is 103 Å². The van der Waals surface area contributed by atoms with Gasteiger partial charge >= 0.3 is 17.9 Å². The van der Waals surface area contributed by atoms with Crippen LogP contribution in [0.15, 0.2) is 109 Å². The molecule has 0 spiro atoms. The summed E-state index contributed by atoms with van der Waals surface area (Å²) in [6.07, 6.45) is 97.1. The van der Waals surface area contributed by atoms with Crippen molar-refractivity contribution in [3.63, 3.8) is 0 Å². The van der Waals surface area contributed by atoms with Gasteiger partial charge in [0.1, 0.15) is 13.2 Å². The predicted molar refractivity (Wildman–Crippen MR) is 362 cm³/mol. The molecule has 476 valence electrons. The van der Waals surface area contributed by atoms with E-state index in [4.69, 9.17) is 14.2 Å². The number of rotatable bonds is 64. The smallest absolute Gasteiger partial charge is 0.306 e. The first-order valence-corrected chi connectivity index (χ1v) is 35.4. The van der Waals surface area contributed by atoms with Crippen LogP contribution in [0, 0.1) is 0 Å². The van der Waals surface area contributed by atoms with Gasteiger partial charge < -0.3 is 14.2 Å². The van der Waals surface area contributed by atoms with Crippen LogP contribution in [0.4, 0.5) is 0 Å². The highest BCUT2D eigenvalue weighted by Crippen LogP contribution is 2.18. The van der Waals surface area contributed by atoms with Gasteiger partial charge in [0.25, 0.3) is 0 Å². The SMILES string of the molecule is CC/C=C\C/C=C\C/C=C\C/C=C\C/C=C\CCCC(=O)OC(COC(=O)CCCCCCCCCCCCCCC)COC(=O)CCCCCCCCCCCCCCCCCCCCCCCC/C=C\C/C=C\C/C=C\C/C=C\CC. The standard InChI is InChI=1S/C77H132O6/c1-4-7-10-13-16-19-22-25-27-29-30-31-32-33-34-35-36-37-38-39-40-41-42-43-44-45-46-48-49-52-55-58-61-64-67-70-76(79)82-73-74(72-81-75(78)69-66-63-60-57-54-51-24-21-18-15-12-9-6-3)83-77(80)71-68-65-62-59-56-53-50-47-28-26-23-20-17-14-11-8-5-2/h7-8,10-11,16-17,19-20,25-28,30-31,50,53,59,62,74H,4-6,9,12-15,18,21-24,29,32-49,51-52,54-58,60-61,63-73H2,1-3H3/b10-7-,11-8-,19-16-,20-17-,27-25-,28-26-,31-30-,53-50-,62-59-. The number of carbonyl (C=O) groups excluding carboxylic acids is 3. The van der Waals surface area contributed by atoms with Gasteiger partial charge in [0, 0.05) is 19.3 Å². The Hall–Kier alpha value is -3.93. The number of unbranched alkanes of at least 4 members (excludes halogenated alkanes) is 35. The molecular weight excluding hydrogens is 1020 g/mol. The summed E-state index contributed by atoms with van der Waals surface area (Å²) in [5.74, 6) is -0.939. The predicted octanol–water partition coefficient (Wildman–Crippen LogP) is 24.6. The van der Waals surface area contributed by atoms with E-state index in [1.54, 1.807) is 0 Å². The Morgan fingerprint density at radius 2 is 0.482 bits per heavy atom. The third kappa shape index (κ3) is 68.7. The lowest BCUT2D eigenvalue weighted by atomic mass is 10.0. The Morgan fingerprint density at radius 1 is 0.253 bits per heavy atom. The van der Waals surface area contributed by atoms with E-state index in [2.05, 4.69) is 130 Å². The fourth-order valence-electron chi connectivity index (χ4n) is 10.1. The Bertz CT molecular complexity index is 1660. The van der Waals surface area contributed by atoms with Gasteiger partial charge in [-0.25, -0.2) is 0 Å². The summed E-state index contributed by atoms with van der Waals surface area (Å²) in [5.41, 5.74) is 0. The molecule has 0 amide bonds. The monoisotopic (exact) mass is 1150 g/mol. The van der Waals surface area contributed by atoms with Crippen LogP contribution >= 0.6 is 0 Å². The first-order valence-electron chi connectivity index (χ1n) is 35.4. The topological polar surface area (TPSA) is 78.9 Å². The van der Waals surface area contributed by atoms with Crippen LogP contribution < -0.4 is 0 Å². The summed E-state index contributed by atoms with van der Waals surface area (Å²) in [5, 5.41) is 0. The zero-order chi connectivity index (χ0) is 59.9. The molecule has 6 heteroatoms. The molecule has 0 radical (unpaired) electrons. The highest BCUT2D eigenvalue weighted by atomic mass is 16.6. The molecule has 0 aliphatic rings. The lowest BCUT2D eigenvalue weighted by molar-refractivity contribution is -0.167. The summed E-state index contributed by atoms with van der Waals surface area (Å²) >= 11 is 0.